The number of rotatable bonds is 6. The first-order valence-corrected chi connectivity index (χ1v) is 8.68. The lowest BCUT2D eigenvalue weighted by Crippen LogP contribution is -2.43. The van der Waals surface area contributed by atoms with Crippen LogP contribution >= 0.6 is 0 Å². The van der Waals surface area contributed by atoms with Gasteiger partial charge in [-0.1, -0.05) is 19.9 Å². The van der Waals surface area contributed by atoms with E-state index in [4.69, 9.17) is 9.47 Å². The quantitative estimate of drug-likeness (QED) is 0.780. The van der Waals surface area contributed by atoms with Crippen molar-refractivity contribution in [3.05, 3.63) is 47.1 Å². The minimum absolute atomic E-state index is 0.165. The molecule has 0 aromatic carbocycles. The number of aliphatic hydroxyl groups excluding tert-OH is 1. The van der Waals surface area contributed by atoms with E-state index in [2.05, 4.69) is 18.8 Å². The molecule has 0 amide bonds. The molecule has 1 unspecified atom stereocenters. The van der Waals surface area contributed by atoms with Crippen molar-refractivity contribution in [2.75, 3.05) is 0 Å². The van der Waals surface area contributed by atoms with Gasteiger partial charge in [0.1, 0.15) is 11.5 Å². The average Bonchev–Trinajstić information content (AvgIpc) is 2.58. The number of ether oxygens (including phenoxy) is 2. The molecule has 4 nitrogen and oxygen atoms in total. The third kappa shape index (κ3) is 3.42. The number of aromatic nitrogens is 1. The van der Waals surface area contributed by atoms with Crippen LogP contribution < -0.4 is 4.74 Å². The summed E-state index contributed by atoms with van der Waals surface area (Å²) in [5.41, 5.74) is 1.31. The van der Waals surface area contributed by atoms with Crippen molar-refractivity contribution < 1.29 is 14.6 Å². The van der Waals surface area contributed by atoms with Crippen LogP contribution in [0.25, 0.3) is 0 Å². The van der Waals surface area contributed by atoms with Gasteiger partial charge >= 0.3 is 0 Å². The topological polar surface area (TPSA) is 51.6 Å². The molecule has 0 saturated heterocycles. The molecule has 1 atom stereocenters. The van der Waals surface area contributed by atoms with Crippen molar-refractivity contribution >= 4 is 0 Å². The van der Waals surface area contributed by atoms with Crippen molar-refractivity contribution in [1.29, 1.82) is 0 Å². The van der Waals surface area contributed by atoms with Crippen LogP contribution in [0.5, 0.6) is 5.88 Å². The van der Waals surface area contributed by atoms with Gasteiger partial charge in [0, 0.05) is 12.3 Å². The molecule has 2 rings (SSSR count). The van der Waals surface area contributed by atoms with Crippen molar-refractivity contribution in [3.63, 3.8) is 0 Å². The molecule has 1 N–H and O–H groups in total. The average molecular weight is 331 g/mol. The summed E-state index contributed by atoms with van der Waals surface area (Å²) in [6.45, 7) is 12.3. The summed E-state index contributed by atoms with van der Waals surface area (Å²) in [5.74, 6) is 1.64. The Morgan fingerprint density at radius 1 is 1.17 bits per heavy atom. The third-order valence-corrected chi connectivity index (χ3v) is 4.85. The standard InChI is InChI=1S/C20H29NO3/c1-7-15(8-2)23-18-14(4)13(3)17(22)19(20(18,5)6)24-16-11-9-10-12-21-16/h9-12,15,19,22H,7-8H2,1-6H3. The Bertz CT molecular complexity index is 628. The summed E-state index contributed by atoms with van der Waals surface area (Å²) < 4.78 is 12.4. The molecule has 0 radical (unpaired) electrons. The van der Waals surface area contributed by atoms with Crippen molar-refractivity contribution in [3.8, 4) is 5.88 Å². The van der Waals surface area contributed by atoms with Gasteiger partial charge in [-0.05, 0) is 57.7 Å². The van der Waals surface area contributed by atoms with Gasteiger partial charge < -0.3 is 14.6 Å². The Morgan fingerprint density at radius 3 is 2.38 bits per heavy atom. The van der Waals surface area contributed by atoms with Crippen LogP contribution in [-0.4, -0.2) is 22.3 Å². The predicted octanol–water partition coefficient (Wildman–Crippen LogP) is 5.18. The van der Waals surface area contributed by atoms with Crippen molar-refractivity contribution in [2.45, 2.75) is 66.6 Å². The van der Waals surface area contributed by atoms with E-state index in [1.165, 1.54) is 0 Å². The highest BCUT2D eigenvalue weighted by Crippen LogP contribution is 2.45. The van der Waals surface area contributed by atoms with E-state index >= 15 is 0 Å². The SMILES string of the molecule is CCC(CC)OC1=C(C)C(C)=C(O)C(Oc2ccccn2)C1(C)C. The number of nitrogens with zero attached hydrogens (tertiary/aromatic N) is 1. The van der Waals surface area contributed by atoms with E-state index in [1.807, 2.05) is 39.8 Å². The molecule has 4 heteroatoms. The predicted molar refractivity (Wildman–Crippen MR) is 95.9 cm³/mol. The zero-order valence-corrected chi connectivity index (χ0v) is 15.6. The summed E-state index contributed by atoms with van der Waals surface area (Å²) in [4.78, 5) is 4.22. The summed E-state index contributed by atoms with van der Waals surface area (Å²) in [6.07, 6.45) is 3.22. The van der Waals surface area contributed by atoms with Crippen LogP contribution in [-0.2, 0) is 4.74 Å². The lowest BCUT2D eigenvalue weighted by Gasteiger charge is -2.41. The lowest BCUT2D eigenvalue weighted by atomic mass is 9.75. The molecule has 24 heavy (non-hydrogen) atoms. The highest BCUT2D eigenvalue weighted by molar-refractivity contribution is 5.42. The van der Waals surface area contributed by atoms with E-state index in [0.29, 0.717) is 5.88 Å². The van der Waals surface area contributed by atoms with Gasteiger partial charge in [-0.2, -0.15) is 0 Å². The molecule has 0 spiro atoms. The summed E-state index contributed by atoms with van der Waals surface area (Å²) in [7, 11) is 0. The van der Waals surface area contributed by atoms with E-state index in [9.17, 15) is 5.11 Å². The summed E-state index contributed by atoms with van der Waals surface area (Å²) in [5, 5.41) is 10.7. The number of pyridine rings is 1. The van der Waals surface area contributed by atoms with E-state index < -0.39 is 11.5 Å². The Balaban J connectivity index is 2.40. The molecule has 0 aliphatic heterocycles. The first-order chi connectivity index (χ1) is 11.3. The maximum Gasteiger partial charge on any atom is 0.213 e. The Morgan fingerprint density at radius 2 is 1.83 bits per heavy atom. The van der Waals surface area contributed by atoms with Gasteiger partial charge in [0.25, 0.3) is 0 Å². The minimum Gasteiger partial charge on any atom is -0.508 e. The van der Waals surface area contributed by atoms with Crippen molar-refractivity contribution in [2.24, 2.45) is 5.41 Å². The Hall–Kier alpha value is -1.97. The smallest absolute Gasteiger partial charge is 0.213 e. The third-order valence-electron chi connectivity index (χ3n) is 4.85. The highest BCUT2D eigenvalue weighted by atomic mass is 16.5. The van der Waals surface area contributed by atoms with Gasteiger partial charge in [0.2, 0.25) is 5.88 Å². The molecular formula is C20H29NO3. The zero-order valence-electron chi connectivity index (χ0n) is 15.6. The van der Waals surface area contributed by atoms with Gasteiger partial charge in [0.15, 0.2) is 6.10 Å². The Labute approximate surface area is 145 Å². The van der Waals surface area contributed by atoms with Gasteiger partial charge in [-0.3, -0.25) is 0 Å². The fourth-order valence-corrected chi connectivity index (χ4v) is 3.11. The molecule has 1 heterocycles. The van der Waals surface area contributed by atoms with E-state index in [-0.39, 0.29) is 11.9 Å². The first kappa shape index (κ1) is 18.4. The number of allylic oxidation sites excluding steroid dienone is 2. The maximum absolute atomic E-state index is 10.7. The normalized spacial score (nSPS) is 20.5. The van der Waals surface area contributed by atoms with Crippen LogP contribution in [0.1, 0.15) is 54.4 Å². The molecule has 1 aliphatic rings. The molecule has 0 bridgehead atoms. The van der Waals surface area contributed by atoms with E-state index in [0.717, 1.165) is 29.7 Å². The molecule has 0 fully saturated rings. The maximum atomic E-state index is 10.7. The minimum atomic E-state index is -0.527. The number of hydrogen-bond acceptors (Lipinski definition) is 4. The van der Waals surface area contributed by atoms with Gasteiger partial charge in [-0.25, -0.2) is 4.98 Å². The fraction of sp³-hybridized carbons (Fsp3) is 0.550. The number of aliphatic hydroxyl groups is 1. The summed E-state index contributed by atoms with van der Waals surface area (Å²) in [6, 6.07) is 5.51. The lowest BCUT2D eigenvalue weighted by molar-refractivity contribution is 0.00167. The fourth-order valence-electron chi connectivity index (χ4n) is 3.11. The van der Waals surface area contributed by atoms with Gasteiger partial charge in [-0.15, -0.1) is 0 Å². The second kappa shape index (κ2) is 7.29. The second-order valence-electron chi connectivity index (χ2n) is 6.91. The molecule has 0 saturated carbocycles. The van der Waals surface area contributed by atoms with Crippen LogP contribution in [0.15, 0.2) is 47.1 Å². The van der Waals surface area contributed by atoms with Crippen LogP contribution in [0.4, 0.5) is 0 Å². The Kier molecular flexibility index (Phi) is 5.58. The van der Waals surface area contributed by atoms with Crippen LogP contribution in [0, 0.1) is 5.41 Å². The molecule has 1 aromatic heterocycles. The number of hydrogen-bond donors (Lipinski definition) is 1. The van der Waals surface area contributed by atoms with Gasteiger partial charge in [0.05, 0.1) is 11.5 Å². The highest BCUT2D eigenvalue weighted by Gasteiger charge is 2.45. The molecule has 1 aliphatic carbocycles. The van der Waals surface area contributed by atoms with Crippen molar-refractivity contribution in [1.82, 2.24) is 4.98 Å². The zero-order chi connectivity index (χ0) is 17.9. The largest absolute Gasteiger partial charge is 0.508 e. The second-order valence-corrected chi connectivity index (χ2v) is 6.91. The van der Waals surface area contributed by atoms with E-state index in [1.54, 1.807) is 12.3 Å². The molecule has 1 aromatic rings. The monoisotopic (exact) mass is 331 g/mol. The summed E-state index contributed by atoms with van der Waals surface area (Å²) >= 11 is 0. The molecule has 132 valence electrons. The van der Waals surface area contributed by atoms with Crippen LogP contribution in [0.2, 0.25) is 0 Å². The van der Waals surface area contributed by atoms with Crippen LogP contribution in [0.3, 0.4) is 0 Å². The molecular weight excluding hydrogens is 302 g/mol. The first-order valence-electron chi connectivity index (χ1n) is 8.68.